The van der Waals surface area contributed by atoms with E-state index >= 15 is 0 Å². The number of nitrogens with one attached hydrogen (secondary N) is 1. The Balaban J connectivity index is 4.52. The second kappa shape index (κ2) is 4.35. The first-order valence-corrected chi connectivity index (χ1v) is 4.36. The van der Waals surface area contributed by atoms with Crippen molar-refractivity contribution in [2.24, 2.45) is 0 Å². The standard InChI is InChI=1S/C9H18BNO2/c1-6(10)7(11-5)8(12)13-9(2,3)4/h11H,10H2,1-5H3/b7-6-. The molecule has 0 radical (unpaired) electrons. The summed E-state index contributed by atoms with van der Waals surface area (Å²) in [7, 11) is 3.59. The predicted octanol–water partition coefficient (Wildman–Crippen LogP) is 0.412. The number of rotatable bonds is 2. The van der Waals surface area contributed by atoms with E-state index in [2.05, 4.69) is 5.32 Å². The monoisotopic (exact) mass is 183 g/mol. The topological polar surface area (TPSA) is 38.3 Å². The second-order valence-corrected chi connectivity index (χ2v) is 4.13. The van der Waals surface area contributed by atoms with Crippen LogP contribution in [0.3, 0.4) is 0 Å². The van der Waals surface area contributed by atoms with Gasteiger partial charge in [0, 0.05) is 7.05 Å². The summed E-state index contributed by atoms with van der Waals surface area (Å²) in [4.78, 5) is 11.5. The minimum Gasteiger partial charge on any atom is -0.455 e. The number of hydrogen-bond donors (Lipinski definition) is 1. The van der Waals surface area contributed by atoms with Gasteiger partial charge in [-0.05, 0) is 20.8 Å². The lowest BCUT2D eigenvalue weighted by molar-refractivity contribution is -0.150. The number of hydrogen-bond acceptors (Lipinski definition) is 3. The maximum absolute atomic E-state index is 11.5. The van der Waals surface area contributed by atoms with E-state index in [1.54, 1.807) is 7.05 Å². The van der Waals surface area contributed by atoms with Crippen LogP contribution >= 0.6 is 0 Å². The third-order valence-corrected chi connectivity index (χ3v) is 1.35. The van der Waals surface area contributed by atoms with Crippen LogP contribution in [0.15, 0.2) is 11.2 Å². The molecule has 0 aliphatic heterocycles. The maximum Gasteiger partial charge on any atom is 0.353 e. The van der Waals surface area contributed by atoms with Crippen LogP contribution in [0.2, 0.25) is 0 Å². The highest BCUT2D eigenvalue weighted by atomic mass is 16.6. The van der Waals surface area contributed by atoms with Gasteiger partial charge in [0.15, 0.2) is 0 Å². The first-order valence-electron chi connectivity index (χ1n) is 4.36. The average molecular weight is 183 g/mol. The third kappa shape index (κ3) is 4.60. The number of likely N-dealkylation sites (N-methyl/N-ethyl adjacent to an activating group) is 1. The molecule has 0 heterocycles. The molecule has 0 atom stereocenters. The molecule has 4 heteroatoms. The van der Waals surface area contributed by atoms with Crippen LogP contribution in [-0.4, -0.2) is 26.5 Å². The van der Waals surface area contributed by atoms with Crippen molar-refractivity contribution >= 4 is 13.8 Å². The number of carbonyl (C=O) groups excluding carboxylic acids is 1. The predicted molar refractivity (Wildman–Crippen MR) is 56.1 cm³/mol. The molecular formula is C9H18BNO2. The van der Waals surface area contributed by atoms with Crippen molar-refractivity contribution in [3.8, 4) is 0 Å². The van der Waals surface area contributed by atoms with Crippen LogP contribution < -0.4 is 5.32 Å². The van der Waals surface area contributed by atoms with Crippen molar-refractivity contribution < 1.29 is 9.53 Å². The minimum atomic E-state index is -0.436. The normalized spacial score (nSPS) is 13.3. The largest absolute Gasteiger partial charge is 0.455 e. The van der Waals surface area contributed by atoms with Crippen LogP contribution in [0.4, 0.5) is 0 Å². The Kier molecular flexibility index (Phi) is 4.04. The fourth-order valence-corrected chi connectivity index (χ4v) is 0.885. The molecule has 0 aromatic carbocycles. The van der Waals surface area contributed by atoms with Gasteiger partial charge >= 0.3 is 5.97 Å². The van der Waals surface area contributed by atoms with Gasteiger partial charge in [0.2, 0.25) is 0 Å². The van der Waals surface area contributed by atoms with Crippen molar-refractivity contribution in [3.63, 3.8) is 0 Å². The van der Waals surface area contributed by atoms with Gasteiger partial charge < -0.3 is 10.1 Å². The molecule has 0 aliphatic rings. The first-order chi connectivity index (χ1) is 5.78. The van der Waals surface area contributed by atoms with Gasteiger partial charge in [-0.1, -0.05) is 12.4 Å². The quantitative estimate of drug-likeness (QED) is 0.383. The molecule has 74 valence electrons. The molecule has 1 N–H and O–H groups in total. The summed E-state index contributed by atoms with van der Waals surface area (Å²) in [5.74, 6) is -0.296. The van der Waals surface area contributed by atoms with Crippen molar-refractivity contribution in [2.45, 2.75) is 33.3 Å². The summed E-state index contributed by atoms with van der Waals surface area (Å²) in [6, 6.07) is 0. The summed E-state index contributed by atoms with van der Waals surface area (Å²) in [6.45, 7) is 7.42. The summed E-state index contributed by atoms with van der Waals surface area (Å²) in [6.07, 6.45) is 0. The van der Waals surface area contributed by atoms with Gasteiger partial charge in [0.05, 0.1) is 0 Å². The molecule has 0 rings (SSSR count). The zero-order chi connectivity index (χ0) is 10.6. The van der Waals surface area contributed by atoms with Gasteiger partial charge in [0.25, 0.3) is 0 Å². The van der Waals surface area contributed by atoms with Crippen LogP contribution in [0.5, 0.6) is 0 Å². The molecule has 0 saturated carbocycles. The van der Waals surface area contributed by atoms with Crippen LogP contribution in [-0.2, 0) is 9.53 Å². The van der Waals surface area contributed by atoms with Crippen LogP contribution in [0.25, 0.3) is 0 Å². The van der Waals surface area contributed by atoms with Crippen molar-refractivity contribution in [2.75, 3.05) is 7.05 Å². The molecule has 0 unspecified atom stereocenters. The molecule has 0 aliphatic carbocycles. The van der Waals surface area contributed by atoms with E-state index in [9.17, 15) is 4.79 Å². The molecule has 0 bridgehead atoms. The van der Waals surface area contributed by atoms with Crippen molar-refractivity contribution in [3.05, 3.63) is 11.2 Å². The number of ether oxygens (including phenoxy) is 1. The molecule has 0 amide bonds. The first kappa shape index (κ1) is 12.1. The van der Waals surface area contributed by atoms with E-state index in [0.717, 1.165) is 5.47 Å². The van der Waals surface area contributed by atoms with E-state index in [1.807, 2.05) is 35.5 Å². The Hall–Kier alpha value is -0.925. The van der Waals surface area contributed by atoms with Crippen molar-refractivity contribution in [1.82, 2.24) is 5.32 Å². The van der Waals surface area contributed by atoms with E-state index in [0.29, 0.717) is 5.70 Å². The number of esters is 1. The summed E-state index contributed by atoms with van der Waals surface area (Å²) < 4.78 is 5.19. The highest BCUT2D eigenvalue weighted by Crippen LogP contribution is 2.10. The van der Waals surface area contributed by atoms with E-state index in [4.69, 9.17) is 4.74 Å². The second-order valence-electron chi connectivity index (χ2n) is 4.13. The van der Waals surface area contributed by atoms with E-state index < -0.39 is 5.60 Å². The van der Waals surface area contributed by atoms with Gasteiger partial charge in [-0.25, -0.2) is 4.79 Å². The highest BCUT2D eigenvalue weighted by molar-refractivity contribution is 6.23. The smallest absolute Gasteiger partial charge is 0.353 e. The zero-order valence-corrected chi connectivity index (χ0v) is 9.32. The van der Waals surface area contributed by atoms with Crippen molar-refractivity contribution in [1.29, 1.82) is 0 Å². The maximum atomic E-state index is 11.5. The Morgan fingerprint density at radius 1 is 1.38 bits per heavy atom. The molecule has 3 nitrogen and oxygen atoms in total. The zero-order valence-electron chi connectivity index (χ0n) is 9.32. The summed E-state index contributed by atoms with van der Waals surface area (Å²) in [5, 5.41) is 2.83. The van der Waals surface area contributed by atoms with Crippen LogP contribution in [0, 0.1) is 0 Å². The average Bonchev–Trinajstić information content (AvgIpc) is 1.82. The molecule has 0 aromatic rings. The number of carbonyl (C=O) groups is 1. The Morgan fingerprint density at radius 3 is 2.08 bits per heavy atom. The lowest BCUT2D eigenvalue weighted by atomic mass is 9.95. The lowest BCUT2D eigenvalue weighted by Gasteiger charge is -2.21. The Labute approximate surface area is 80.9 Å². The Bertz CT molecular complexity index is 224. The number of allylic oxidation sites excluding steroid dienone is 1. The summed E-state index contributed by atoms with van der Waals surface area (Å²) in [5.41, 5.74) is 1.03. The SMILES string of the molecule is B/C(C)=C(\NC)C(=O)OC(C)(C)C. The minimum absolute atomic E-state index is 0.296. The van der Waals surface area contributed by atoms with E-state index in [1.165, 1.54) is 0 Å². The summed E-state index contributed by atoms with van der Waals surface area (Å²) >= 11 is 0. The van der Waals surface area contributed by atoms with Gasteiger partial charge in [-0.3, -0.25) is 0 Å². The van der Waals surface area contributed by atoms with Gasteiger partial charge in [-0.15, -0.1) is 0 Å². The lowest BCUT2D eigenvalue weighted by Crippen LogP contribution is -2.29. The molecule has 0 aromatic heterocycles. The van der Waals surface area contributed by atoms with Crippen LogP contribution in [0.1, 0.15) is 27.7 Å². The fourth-order valence-electron chi connectivity index (χ4n) is 0.885. The highest BCUT2D eigenvalue weighted by Gasteiger charge is 2.19. The van der Waals surface area contributed by atoms with E-state index in [-0.39, 0.29) is 5.97 Å². The molecular weight excluding hydrogens is 165 g/mol. The molecule has 0 saturated heterocycles. The van der Waals surface area contributed by atoms with Gasteiger partial charge in [-0.2, -0.15) is 0 Å². The fraction of sp³-hybridized carbons (Fsp3) is 0.667. The molecule has 0 spiro atoms. The Morgan fingerprint density at radius 2 is 1.85 bits per heavy atom. The molecule has 0 fully saturated rings. The third-order valence-electron chi connectivity index (χ3n) is 1.35. The van der Waals surface area contributed by atoms with Gasteiger partial charge in [0.1, 0.15) is 19.1 Å². The molecule has 13 heavy (non-hydrogen) atoms.